The molecule has 1 N–H and O–H groups in total. The molecule has 1 aromatic rings. The topological polar surface area (TPSA) is 98.4 Å². The molecule has 0 radical (unpaired) electrons. The fourth-order valence-corrected chi connectivity index (χ4v) is 1.58. The van der Waals surface area contributed by atoms with E-state index in [-0.39, 0.29) is 25.0 Å². The first-order valence-electron chi connectivity index (χ1n) is 6.18. The van der Waals surface area contributed by atoms with E-state index in [1.54, 1.807) is 12.1 Å². The van der Waals surface area contributed by atoms with Crippen LogP contribution in [0, 0.1) is 22.7 Å². The van der Waals surface area contributed by atoms with E-state index in [0.717, 1.165) is 0 Å². The quantitative estimate of drug-likeness (QED) is 0.614. The number of nitrogens with zero attached hydrogens (tertiary/aromatic N) is 2. The van der Waals surface area contributed by atoms with Crippen LogP contribution in [0.4, 0.5) is 0 Å². The van der Waals surface area contributed by atoms with Gasteiger partial charge in [0.15, 0.2) is 0 Å². The number of nitrogens with one attached hydrogen (secondary N) is 1. The summed E-state index contributed by atoms with van der Waals surface area (Å²) in [7, 11) is 0. The molecule has 0 aromatic heterocycles. The predicted octanol–water partition coefficient (Wildman–Crippen LogP) is 0.979. The molecule has 0 unspecified atom stereocenters. The van der Waals surface area contributed by atoms with Crippen molar-refractivity contribution in [1.82, 2.24) is 5.32 Å². The summed E-state index contributed by atoms with van der Waals surface area (Å²) in [5.74, 6) is 0.0537. The van der Waals surface area contributed by atoms with E-state index in [2.05, 4.69) is 5.32 Å². The van der Waals surface area contributed by atoms with E-state index in [9.17, 15) is 4.79 Å². The molecule has 1 aromatic carbocycles. The van der Waals surface area contributed by atoms with Crippen molar-refractivity contribution >= 4 is 5.91 Å². The van der Waals surface area contributed by atoms with Crippen LogP contribution >= 0.6 is 0 Å². The minimum atomic E-state index is -0.357. The summed E-state index contributed by atoms with van der Waals surface area (Å²) in [5, 5.41) is 20.0. The van der Waals surface area contributed by atoms with Crippen molar-refractivity contribution in [2.45, 2.75) is 12.5 Å². The van der Waals surface area contributed by atoms with Crippen LogP contribution in [0.15, 0.2) is 18.2 Å². The molecule has 0 spiro atoms. The molecule has 1 saturated heterocycles. The van der Waals surface area contributed by atoms with Crippen molar-refractivity contribution in [1.29, 1.82) is 10.5 Å². The lowest BCUT2D eigenvalue weighted by molar-refractivity contribution is 0.0950. The van der Waals surface area contributed by atoms with Crippen molar-refractivity contribution in [2.75, 3.05) is 19.8 Å². The van der Waals surface area contributed by atoms with Crippen LogP contribution < -0.4 is 10.1 Å². The lowest BCUT2D eigenvalue weighted by Crippen LogP contribution is -2.25. The molecule has 102 valence electrons. The van der Waals surface area contributed by atoms with Gasteiger partial charge in [-0.3, -0.25) is 4.79 Å². The molecule has 0 aliphatic carbocycles. The molecule has 1 amide bonds. The fourth-order valence-electron chi connectivity index (χ4n) is 1.58. The molecule has 1 aliphatic rings. The van der Waals surface area contributed by atoms with Crippen molar-refractivity contribution < 1.29 is 14.3 Å². The summed E-state index contributed by atoms with van der Waals surface area (Å²) in [6.07, 6.45) is 0.315. The first-order valence-corrected chi connectivity index (χ1v) is 6.18. The number of epoxide rings is 1. The van der Waals surface area contributed by atoms with Gasteiger partial charge in [-0.05, 0) is 18.2 Å². The number of benzene rings is 1. The Labute approximate surface area is 116 Å². The van der Waals surface area contributed by atoms with E-state index in [4.69, 9.17) is 20.0 Å². The lowest BCUT2D eigenvalue weighted by atomic mass is 10.1. The van der Waals surface area contributed by atoms with Gasteiger partial charge in [-0.1, -0.05) is 0 Å². The zero-order valence-electron chi connectivity index (χ0n) is 10.8. The van der Waals surface area contributed by atoms with Gasteiger partial charge in [-0.15, -0.1) is 0 Å². The predicted molar refractivity (Wildman–Crippen MR) is 69.0 cm³/mol. The van der Waals surface area contributed by atoms with Crippen LogP contribution in [0.25, 0.3) is 0 Å². The monoisotopic (exact) mass is 271 g/mol. The molecular weight excluding hydrogens is 258 g/mol. The summed E-state index contributed by atoms with van der Waals surface area (Å²) >= 11 is 0. The summed E-state index contributed by atoms with van der Waals surface area (Å²) in [6, 6.07) is 8.59. The number of ether oxygens (including phenoxy) is 2. The summed E-state index contributed by atoms with van der Waals surface area (Å²) in [5.41, 5.74) is 0.674. The highest BCUT2D eigenvalue weighted by molar-refractivity contribution is 5.97. The van der Waals surface area contributed by atoms with Gasteiger partial charge in [0.2, 0.25) is 0 Å². The first kappa shape index (κ1) is 13.9. The minimum absolute atomic E-state index is 0.0835. The zero-order valence-corrected chi connectivity index (χ0v) is 10.8. The highest BCUT2D eigenvalue weighted by Crippen LogP contribution is 2.22. The Morgan fingerprint density at radius 2 is 2.30 bits per heavy atom. The van der Waals surface area contributed by atoms with Crippen LogP contribution in [-0.2, 0) is 4.74 Å². The van der Waals surface area contributed by atoms with Gasteiger partial charge in [0.25, 0.3) is 5.91 Å². The smallest absolute Gasteiger partial charge is 0.255 e. The maximum absolute atomic E-state index is 12.0. The van der Waals surface area contributed by atoms with Crippen molar-refractivity contribution in [3.05, 3.63) is 29.3 Å². The van der Waals surface area contributed by atoms with E-state index < -0.39 is 0 Å². The average molecular weight is 271 g/mol. The molecule has 6 heteroatoms. The molecule has 20 heavy (non-hydrogen) atoms. The number of hydrogen-bond acceptors (Lipinski definition) is 5. The maximum Gasteiger partial charge on any atom is 0.255 e. The Kier molecular flexibility index (Phi) is 4.54. The van der Waals surface area contributed by atoms with Gasteiger partial charge in [0.05, 0.1) is 36.3 Å². The van der Waals surface area contributed by atoms with E-state index in [1.165, 1.54) is 6.07 Å². The first-order chi connectivity index (χ1) is 9.74. The molecule has 2 rings (SSSR count). The summed E-state index contributed by atoms with van der Waals surface area (Å²) < 4.78 is 10.6. The number of carbonyl (C=O) groups excluding carboxylic acids is 1. The standard InChI is InChI=1S/C14H13N3O3/c15-4-1-5-17-14(18)12-6-10(7-16)2-3-13(12)20-9-11-8-19-11/h2-3,6,11H,1,5,8-9H2,(H,17,18)/t11-/m1/s1. The van der Waals surface area contributed by atoms with Gasteiger partial charge in [-0.2, -0.15) is 10.5 Å². The Balaban J connectivity index is 2.11. The zero-order chi connectivity index (χ0) is 14.4. The van der Waals surface area contributed by atoms with Crippen molar-refractivity contribution in [3.8, 4) is 17.9 Å². The van der Waals surface area contributed by atoms with E-state index in [1.807, 2.05) is 12.1 Å². The number of carbonyl (C=O) groups is 1. The summed E-state index contributed by atoms with van der Waals surface area (Å²) in [6.45, 7) is 1.31. The Bertz CT molecular complexity index is 582. The molecular formula is C14H13N3O3. The number of rotatable bonds is 6. The van der Waals surface area contributed by atoms with Gasteiger partial charge in [0.1, 0.15) is 18.5 Å². The third-order valence-corrected chi connectivity index (χ3v) is 2.70. The number of amides is 1. The number of nitriles is 2. The van der Waals surface area contributed by atoms with Gasteiger partial charge in [0, 0.05) is 6.54 Å². The summed E-state index contributed by atoms with van der Waals surface area (Å²) in [4.78, 5) is 12.0. The maximum atomic E-state index is 12.0. The lowest BCUT2D eigenvalue weighted by Gasteiger charge is -2.11. The average Bonchev–Trinajstić information content (AvgIpc) is 3.29. The second kappa shape index (κ2) is 6.55. The largest absolute Gasteiger partial charge is 0.490 e. The molecule has 1 atom stereocenters. The van der Waals surface area contributed by atoms with E-state index in [0.29, 0.717) is 30.1 Å². The van der Waals surface area contributed by atoms with Crippen molar-refractivity contribution in [3.63, 3.8) is 0 Å². The van der Waals surface area contributed by atoms with E-state index >= 15 is 0 Å². The van der Waals surface area contributed by atoms with Crippen LogP contribution in [0.5, 0.6) is 5.75 Å². The van der Waals surface area contributed by atoms with Crippen LogP contribution in [0.2, 0.25) is 0 Å². The third-order valence-electron chi connectivity index (χ3n) is 2.70. The Morgan fingerprint density at radius 3 is 2.95 bits per heavy atom. The molecule has 1 aliphatic heterocycles. The fraction of sp³-hybridized carbons (Fsp3) is 0.357. The Morgan fingerprint density at radius 1 is 1.50 bits per heavy atom. The van der Waals surface area contributed by atoms with Crippen LogP contribution in [-0.4, -0.2) is 31.8 Å². The number of hydrogen-bond donors (Lipinski definition) is 1. The second-order valence-electron chi connectivity index (χ2n) is 4.25. The second-order valence-corrected chi connectivity index (χ2v) is 4.25. The highest BCUT2D eigenvalue weighted by atomic mass is 16.6. The van der Waals surface area contributed by atoms with Gasteiger partial charge < -0.3 is 14.8 Å². The normalized spacial score (nSPS) is 15.8. The van der Waals surface area contributed by atoms with Gasteiger partial charge >= 0.3 is 0 Å². The van der Waals surface area contributed by atoms with Crippen LogP contribution in [0.1, 0.15) is 22.3 Å². The molecule has 6 nitrogen and oxygen atoms in total. The molecule has 1 fully saturated rings. The van der Waals surface area contributed by atoms with Gasteiger partial charge in [-0.25, -0.2) is 0 Å². The molecule has 1 heterocycles. The Hall–Kier alpha value is -2.57. The van der Waals surface area contributed by atoms with Crippen molar-refractivity contribution in [2.24, 2.45) is 0 Å². The third kappa shape index (κ3) is 3.71. The SMILES string of the molecule is N#CCCNC(=O)c1cc(C#N)ccc1OC[C@H]1CO1. The molecule has 0 bridgehead atoms. The minimum Gasteiger partial charge on any atom is -0.490 e. The van der Waals surface area contributed by atoms with Crippen LogP contribution in [0.3, 0.4) is 0 Å². The molecule has 0 saturated carbocycles. The highest BCUT2D eigenvalue weighted by Gasteiger charge is 2.24.